The van der Waals surface area contributed by atoms with Crippen molar-refractivity contribution in [3.05, 3.63) is 81.8 Å². The third-order valence-corrected chi connectivity index (χ3v) is 7.41. The molecular formula is C36H40F4N2. The summed E-state index contributed by atoms with van der Waals surface area (Å²) in [6, 6.07) is 18.9. The highest BCUT2D eigenvalue weighted by Gasteiger charge is 2.27. The molecule has 0 saturated heterocycles. The summed E-state index contributed by atoms with van der Waals surface area (Å²) in [6.45, 7) is 4.54. The highest BCUT2D eigenvalue weighted by Crippen LogP contribution is 2.22. The number of halogens is 4. The fourth-order valence-electron chi connectivity index (χ4n) is 5.07. The molecule has 6 rings (SSSR count). The first-order valence-corrected chi connectivity index (χ1v) is 15.1. The molecule has 42 heavy (non-hydrogen) atoms. The molecule has 0 atom stereocenters. The van der Waals surface area contributed by atoms with Gasteiger partial charge in [-0.1, -0.05) is 114 Å². The third kappa shape index (κ3) is 8.98. The van der Waals surface area contributed by atoms with Crippen molar-refractivity contribution in [2.45, 2.75) is 89.9 Å². The molecule has 2 aliphatic carbocycles. The molecule has 6 heteroatoms. The summed E-state index contributed by atoms with van der Waals surface area (Å²) in [6.07, 6.45) is 16.0. The van der Waals surface area contributed by atoms with Crippen LogP contribution in [0.2, 0.25) is 0 Å². The summed E-state index contributed by atoms with van der Waals surface area (Å²) >= 11 is 0. The Morgan fingerprint density at radius 3 is 1.36 bits per heavy atom. The minimum Gasteiger partial charge on any atom is -0.248 e. The number of fused-ring (bicyclic) bond motifs is 4. The van der Waals surface area contributed by atoms with Crippen LogP contribution in [-0.2, 0) is 0 Å². The number of nitrogens with zero attached hydrogens (tertiary/aromatic N) is 2. The molecule has 222 valence electrons. The van der Waals surface area contributed by atoms with Crippen molar-refractivity contribution in [1.82, 2.24) is 9.97 Å². The molecule has 2 aromatic heterocycles. The third-order valence-electron chi connectivity index (χ3n) is 7.41. The second kappa shape index (κ2) is 14.6. The van der Waals surface area contributed by atoms with E-state index in [1.165, 1.54) is 51.4 Å². The zero-order chi connectivity index (χ0) is 30.0. The predicted octanol–water partition coefficient (Wildman–Crippen LogP) is 7.82. The lowest BCUT2D eigenvalue weighted by molar-refractivity contribution is 0.0788. The number of rotatable bonds is 7. The van der Waals surface area contributed by atoms with E-state index < -0.39 is 11.8 Å². The van der Waals surface area contributed by atoms with Gasteiger partial charge in [0, 0.05) is 35.8 Å². The van der Waals surface area contributed by atoms with Crippen LogP contribution >= 0.6 is 0 Å². The van der Waals surface area contributed by atoms with E-state index in [0.29, 0.717) is 10.7 Å². The highest BCUT2D eigenvalue weighted by atomic mass is 19.3. The lowest BCUT2D eigenvalue weighted by Crippen LogP contribution is -2.35. The first-order chi connectivity index (χ1) is 20.2. The zero-order valence-electron chi connectivity index (χ0n) is 24.6. The molecule has 0 radical (unpaired) electrons. The maximum atomic E-state index is 13.2. The predicted molar refractivity (Wildman–Crippen MR) is 167 cm³/mol. The van der Waals surface area contributed by atoms with Gasteiger partial charge in [-0.05, 0) is 34.7 Å². The maximum Gasteiger partial charge on any atom is 0.272 e. The van der Waals surface area contributed by atoms with Gasteiger partial charge in [-0.2, -0.15) is 0 Å². The van der Waals surface area contributed by atoms with Gasteiger partial charge in [0.05, 0.1) is 21.7 Å². The van der Waals surface area contributed by atoms with Gasteiger partial charge in [0.25, 0.3) is 11.8 Å². The molecule has 2 heterocycles. The number of pyridine rings is 2. The number of aromatic nitrogens is 2. The number of hydrogen-bond acceptors (Lipinski definition) is 2. The van der Waals surface area contributed by atoms with Crippen molar-refractivity contribution in [1.29, 1.82) is 0 Å². The number of alkyl halides is 4. The van der Waals surface area contributed by atoms with Crippen LogP contribution in [-0.4, -0.2) is 21.8 Å². The number of unbranched alkanes of at least 4 members (excludes halogenated alkanes) is 7. The molecule has 0 amide bonds. The minimum atomic E-state index is -2.76. The van der Waals surface area contributed by atoms with Gasteiger partial charge in [-0.3, -0.25) is 0 Å². The lowest BCUT2D eigenvalue weighted by atomic mass is 10.1. The molecule has 0 spiro atoms. The summed E-state index contributed by atoms with van der Waals surface area (Å²) < 4.78 is 52.6. The van der Waals surface area contributed by atoms with Crippen molar-refractivity contribution in [3.8, 4) is 0 Å². The van der Waals surface area contributed by atoms with Gasteiger partial charge >= 0.3 is 0 Å². The molecule has 4 aromatic rings. The average molecular weight is 577 g/mol. The van der Waals surface area contributed by atoms with Crippen molar-refractivity contribution in [3.63, 3.8) is 0 Å². The van der Waals surface area contributed by atoms with Crippen molar-refractivity contribution in [2.24, 2.45) is 0 Å². The quantitative estimate of drug-likeness (QED) is 0.166. The standard InChI is InChI=1S/2C13H9F2N.C10H22/c2*14-13(15)6-5-10-7-9-3-1-2-4-11(9)16-12(10)8-13;1-3-5-7-9-10-8-6-4-2/h2*1-5,7-8H,6H2;3-10H2,1-2H3. The normalized spacial score (nSPS) is 15.7. The smallest absolute Gasteiger partial charge is 0.248 e. The van der Waals surface area contributed by atoms with Crippen LogP contribution in [0, 0.1) is 0 Å². The van der Waals surface area contributed by atoms with Crippen LogP contribution in [0.15, 0.2) is 60.7 Å². The molecule has 0 aliphatic heterocycles. The molecular weight excluding hydrogens is 536 g/mol. The Labute approximate surface area is 245 Å². The largest absolute Gasteiger partial charge is 0.272 e. The topological polar surface area (TPSA) is 25.8 Å². The van der Waals surface area contributed by atoms with Gasteiger partial charge in [0.15, 0.2) is 0 Å². The molecule has 0 fully saturated rings. The first-order valence-electron chi connectivity index (χ1n) is 15.1. The lowest BCUT2D eigenvalue weighted by Gasteiger charge is -2.12. The van der Waals surface area contributed by atoms with Gasteiger partial charge < -0.3 is 0 Å². The summed E-state index contributed by atoms with van der Waals surface area (Å²) in [5.74, 6) is -5.52. The first kappa shape index (κ1) is 31.4. The molecule has 0 unspecified atom stereocenters. The van der Waals surface area contributed by atoms with Crippen LogP contribution in [0.4, 0.5) is 17.6 Å². The van der Waals surface area contributed by atoms with Crippen LogP contribution in [0.3, 0.4) is 0 Å². The summed E-state index contributed by atoms with van der Waals surface area (Å²) in [5.41, 5.74) is 1.51. The zero-order valence-corrected chi connectivity index (χ0v) is 24.6. The van der Waals surface area contributed by atoms with Crippen molar-refractivity contribution < 1.29 is 17.6 Å². The van der Waals surface area contributed by atoms with E-state index in [1.807, 2.05) is 60.7 Å². The Hall–Kier alpha value is -3.54. The fourth-order valence-corrected chi connectivity index (χ4v) is 5.07. The Morgan fingerprint density at radius 1 is 0.571 bits per heavy atom. The van der Waals surface area contributed by atoms with Gasteiger partial charge in [-0.25, -0.2) is 27.5 Å². The van der Waals surface area contributed by atoms with Gasteiger partial charge in [-0.15, -0.1) is 0 Å². The Morgan fingerprint density at radius 2 is 0.952 bits per heavy atom. The second-order valence-corrected chi connectivity index (χ2v) is 11.1. The summed E-state index contributed by atoms with van der Waals surface area (Å²) in [5, 5.41) is 4.33. The highest BCUT2D eigenvalue weighted by molar-refractivity contribution is 5.79. The maximum absolute atomic E-state index is 13.2. The Balaban J connectivity index is 0.000000150. The minimum absolute atomic E-state index is 0.236. The van der Waals surface area contributed by atoms with E-state index in [1.54, 1.807) is 12.2 Å². The van der Waals surface area contributed by atoms with Crippen LogP contribution < -0.4 is 21.1 Å². The van der Waals surface area contributed by atoms with Crippen LogP contribution in [0.1, 0.15) is 78.1 Å². The van der Waals surface area contributed by atoms with E-state index in [9.17, 15) is 17.6 Å². The van der Waals surface area contributed by atoms with Crippen molar-refractivity contribution in [2.75, 3.05) is 0 Å². The van der Waals surface area contributed by atoms with Gasteiger partial charge in [0.2, 0.25) is 0 Å². The van der Waals surface area contributed by atoms with Crippen molar-refractivity contribution >= 4 is 46.1 Å². The average Bonchev–Trinajstić information content (AvgIpc) is 2.97. The van der Waals surface area contributed by atoms with E-state index in [2.05, 4.69) is 23.8 Å². The molecule has 0 N–H and O–H groups in total. The Kier molecular flexibility index (Phi) is 10.9. The van der Waals surface area contributed by atoms with Crippen LogP contribution in [0.5, 0.6) is 0 Å². The Bertz CT molecular complexity index is 1600. The molecule has 0 saturated carbocycles. The summed E-state index contributed by atoms with van der Waals surface area (Å²) in [7, 11) is 0. The monoisotopic (exact) mass is 576 g/mol. The number of benzene rings is 2. The fraction of sp³-hybridized carbons (Fsp3) is 0.389. The van der Waals surface area contributed by atoms with E-state index in [0.717, 1.165) is 44.4 Å². The number of hydrogen-bond donors (Lipinski definition) is 0. The second-order valence-electron chi connectivity index (χ2n) is 11.1. The molecule has 0 bridgehead atoms. The number of para-hydroxylation sites is 2. The van der Waals surface area contributed by atoms with Gasteiger partial charge in [0.1, 0.15) is 0 Å². The molecule has 2 aliphatic rings. The van der Waals surface area contributed by atoms with E-state index in [-0.39, 0.29) is 12.8 Å². The molecule has 2 aromatic carbocycles. The van der Waals surface area contributed by atoms with E-state index >= 15 is 0 Å². The summed E-state index contributed by atoms with van der Waals surface area (Å²) in [4.78, 5) is 8.49. The SMILES string of the molecule is CCCCCCCCCC.FC1(F)C=c2nc3ccccc3cc2=CC1.FC1(F)C=c2nc3ccccc3cc2=CC1. The molecule has 2 nitrogen and oxygen atoms in total. The van der Waals surface area contributed by atoms with Crippen LogP contribution in [0.25, 0.3) is 46.1 Å². The van der Waals surface area contributed by atoms with E-state index in [4.69, 9.17) is 0 Å².